The molecule has 17 heavy (non-hydrogen) atoms. The minimum atomic E-state index is 0.447. The number of rotatable bonds is 3. The van der Waals surface area contributed by atoms with Crippen LogP contribution in [0.1, 0.15) is 18.4 Å². The van der Waals surface area contributed by atoms with Crippen molar-refractivity contribution in [2.24, 2.45) is 0 Å². The molecule has 2 rings (SSSR count). The zero-order valence-corrected chi connectivity index (χ0v) is 11.4. The third-order valence-electron chi connectivity index (χ3n) is 3.24. The fourth-order valence-corrected chi connectivity index (χ4v) is 2.61. The van der Waals surface area contributed by atoms with Crippen molar-refractivity contribution in [1.82, 2.24) is 15.2 Å². The van der Waals surface area contributed by atoms with Gasteiger partial charge in [-0.05, 0) is 39.0 Å². The third kappa shape index (κ3) is 3.55. The van der Waals surface area contributed by atoms with Crippen LogP contribution in [-0.2, 0) is 6.54 Å². The Bertz CT molecular complexity index is 378. The van der Waals surface area contributed by atoms with E-state index in [0.29, 0.717) is 16.3 Å². The van der Waals surface area contributed by atoms with Gasteiger partial charge >= 0.3 is 0 Å². The summed E-state index contributed by atoms with van der Waals surface area (Å²) in [4.78, 5) is 6.41. The van der Waals surface area contributed by atoms with Gasteiger partial charge in [-0.1, -0.05) is 29.3 Å². The number of piperidine rings is 1. The summed E-state index contributed by atoms with van der Waals surface area (Å²) < 4.78 is 0. The number of hydrogen-bond acceptors (Lipinski definition) is 3. The molecule has 0 atom stereocenters. The minimum absolute atomic E-state index is 0.447. The summed E-state index contributed by atoms with van der Waals surface area (Å²) in [5, 5.41) is 4.33. The summed E-state index contributed by atoms with van der Waals surface area (Å²) in [6, 6.07) is 4.37. The second-order valence-corrected chi connectivity index (χ2v) is 5.23. The van der Waals surface area contributed by atoms with E-state index in [1.165, 1.54) is 12.8 Å². The van der Waals surface area contributed by atoms with E-state index in [4.69, 9.17) is 23.2 Å². The summed E-state index contributed by atoms with van der Waals surface area (Å²) in [6.07, 6.45) is 2.38. The van der Waals surface area contributed by atoms with Crippen LogP contribution in [0.15, 0.2) is 12.1 Å². The van der Waals surface area contributed by atoms with E-state index in [-0.39, 0.29) is 0 Å². The summed E-state index contributed by atoms with van der Waals surface area (Å²) >= 11 is 11.9. The highest BCUT2D eigenvalue weighted by molar-refractivity contribution is 6.32. The van der Waals surface area contributed by atoms with Crippen LogP contribution in [-0.4, -0.2) is 36.1 Å². The van der Waals surface area contributed by atoms with E-state index in [1.807, 2.05) is 6.07 Å². The number of pyridine rings is 1. The van der Waals surface area contributed by atoms with Crippen LogP contribution in [0.25, 0.3) is 0 Å². The topological polar surface area (TPSA) is 28.2 Å². The van der Waals surface area contributed by atoms with Crippen LogP contribution < -0.4 is 5.32 Å². The van der Waals surface area contributed by atoms with Crippen molar-refractivity contribution in [1.29, 1.82) is 0 Å². The summed E-state index contributed by atoms with van der Waals surface area (Å²) in [7, 11) is 2.14. The standard InChI is InChI=1S/C12H17Cl2N3/c1-17(10-4-6-15-7-5-10)8-9-2-3-11(13)16-12(9)14/h2-3,10,15H,4-8H2,1H3. The van der Waals surface area contributed by atoms with Crippen molar-refractivity contribution >= 4 is 23.2 Å². The van der Waals surface area contributed by atoms with Crippen LogP contribution in [0.2, 0.25) is 10.3 Å². The molecule has 3 nitrogen and oxygen atoms in total. The maximum Gasteiger partial charge on any atom is 0.135 e. The maximum absolute atomic E-state index is 6.08. The van der Waals surface area contributed by atoms with E-state index < -0.39 is 0 Å². The fourth-order valence-electron chi connectivity index (χ4n) is 2.20. The van der Waals surface area contributed by atoms with Gasteiger partial charge in [0.2, 0.25) is 0 Å². The molecule has 0 spiro atoms. The Hall–Kier alpha value is -0.350. The van der Waals surface area contributed by atoms with Crippen molar-refractivity contribution < 1.29 is 0 Å². The molecule has 94 valence electrons. The second-order valence-electron chi connectivity index (χ2n) is 4.48. The highest BCUT2D eigenvalue weighted by atomic mass is 35.5. The van der Waals surface area contributed by atoms with Gasteiger partial charge in [-0.15, -0.1) is 0 Å². The van der Waals surface area contributed by atoms with Gasteiger partial charge in [0.15, 0.2) is 0 Å². The van der Waals surface area contributed by atoms with Crippen LogP contribution in [0.4, 0.5) is 0 Å². The van der Waals surface area contributed by atoms with E-state index in [1.54, 1.807) is 6.07 Å². The molecule has 1 fully saturated rings. The second kappa shape index (κ2) is 6.01. The van der Waals surface area contributed by atoms with Crippen LogP contribution in [0.3, 0.4) is 0 Å². The summed E-state index contributed by atoms with van der Waals surface area (Å²) in [5.41, 5.74) is 1.04. The monoisotopic (exact) mass is 273 g/mol. The number of aromatic nitrogens is 1. The molecule has 1 aromatic heterocycles. The van der Waals surface area contributed by atoms with Crippen molar-refractivity contribution in [3.8, 4) is 0 Å². The molecule has 5 heteroatoms. The molecule has 1 saturated heterocycles. The van der Waals surface area contributed by atoms with Gasteiger partial charge < -0.3 is 5.32 Å². The highest BCUT2D eigenvalue weighted by Gasteiger charge is 2.18. The van der Waals surface area contributed by atoms with E-state index in [0.717, 1.165) is 25.2 Å². The Morgan fingerprint density at radius 3 is 2.71 bits per heavy atom. The number of hydrogen-bond donors (Lipinski definition) is 1. The van der Waals surface area contributed by atoms with Crippen LogP contribution >= 0.6 is 23.2 Å². The molecule has 0 aliphatic carbocycles. The van der Waals surface area contributed by atoms with Gasteiger partial charge in [0.1, 0.15) is 10.3 Å². The number of nitrogens with zero attached hydrogens (tertiary/aromatic N) is 2. The highest BCUT2D eigenvalue weighted by Crippen LogP contribution is 2.20. The first-order valence-electron chi connectivity index (χ1n) is 5.88. The predicted molar refractivity (Wildman–Crippen MR) is 71.6 cm³/mol. The number of nitrogens with one attached hydrogen (secondary N) is 1. The average molecular weight is 274 g/mol. The molecular weight excluding hydrogens is 257 g/mol. The first kappa shape index (κ1) is 13.1. The van der Waals surface area contributed by atoms with E-state index >= 15 is 0 Å². The zero-order chi connectivity index (χ0) is 12.3. The SMILES string of the molecule is CN(Cc1ccc(Cl)nc1Cl)C1CCNCC1. The lowest BCUT2D eigenvalue weighted by Crippen LogP contribution is -2.40. The number of halogens is 2. The summed E-state index contributed by atoms with van der Waals surface area (Å²) in [5.74, 6) is 0. The Morgan fingerprint density at radius 2 is 2.06 bits per heavy atom. The van der Waals surface area contributed by atoms with Gasteiger partial charge in [-0.2, -0.15) is 0 Å². The van der Waals surface area contributed by atoms with Crippen molar-refractivity contribution in [2.75, 3.05) is 20.1 Å². The smallest absolute Gasteiger partial charge is 0.135 e. The molecule has 0 unspecified atom stereocenters. The Labute approximate surface area is 112 Å². The van der Waals surface area contributed by atoms with Crippen molar-refractivity contribution in [2.45, 2.75) is 25.4 Å². The summed E-state index contributed by atoms with van der Waals surface area (Å²) in [6.45, 7) is 3.02. The molecule has 0 saturated carbocycles. The average Bonchev–Trinajstić information content (AvgIpc) is 2.34. The largest absolute Gasteiger partial charge is 0.317 e. The first-order valence-corrected chi connectivity index (χ1v) is 6.64. The Balaban J connectivity index is 1.99. The van der Waals surface area contributed by atoms with Gasteiger partial charge in [-0.25, -0.2) is 4.98 Å². The van der Waals surface area contributed by atoms with Crippen molar-refractivity contribution in [3.05, 3.63) is 28.0 Å². The molecule has 0 bridgehead atoms. The molecule has 1 aliphatic rings. The van der Waals surface area contributed by atoms with Gasteiger partial charge in [0.05, 0.1) is 0 Å². The van der Waals surface area contributed by atoms with E-state index in [9.17, 15) is 0 Å². The molecule has 0 amide bonds. The Morgan fingerprint density at radius 1 is 1.35 bits per heavy atom. The molecule has 1 N–H and O–H groups in total. The minimum Gasteiger partial charge on any atom is -0.317 e. The molecule has 1 aliphatic heterocycles. The lowest BCUT2D eigenvalue weighted by molar-refractivity contribution is 0.191. The predicted octanol–water partition coefficient (Wildman–Crippen LogP) is 2.57. The van der Waals surface area contributed by atoms with Gasteiger partial charge in [0, 0.05) is 18.2 Å². The zero-order valence-electron chi connectivity index (χ0n) is 9.92. The molecule has 0 radical (unpaired) electrons. The van der Waals surface area contributed by atoms with Crippen molar-refractivity contribution in [3.63, 3.8) is 0 Å². The molecule has 1 aromatic rings. The normalized spacial score (nSPS) is 17.6. The first-order chi connectivity index (χ1) is 8.16. The lowest BCUT2D eigenvalue weighted by Gasteiger charge is -2.31. The molecule has 0 aromatic carbocycles. The maximum atomic E-state index is 6.08. The van der Waals surface area contributed by atoms with Gasteiger partial charge in [0.25, 0.3) is 0 Å². The lowest BCUT2D eigenvalue weighted by atomic mass is 10.0. The fraction of sp³-hybridized carbons (Fsp3) is 0.583. The Kier molecular flexibility index (Phi) is 4.62. The molecular formula is C12H17Cl2N3. The van der Waals surface area contributed by atoms with E-state index in [2.05, 4.69) is 22.2 Å². The van der Waals surface area contributed by atoms with Gasteiger partial charge in [-0.3, -0.25) is 4.90 Å². The quantitative estimate of drug-likeness (QED) is 0.859. The van der Waals surface area contributed by atoms with Crippen LogP contribution in [0, 0.1) is 0 Å². The van der Waals surface area contributed by atoms with Crippen LogP contribution in [0.5, 0.6) is 0 Å². The third-order valence-corrected chi connectivity index (χ3v) is 3.78. The molecule has 2 heterocycles.